The van der Waals surface area contributed by atoms with E-state index in [-0.39, 0.29) is 6.42 Å². The van der Waals surface area contributed by atoms with Gasteiger partial charge in [-0.1, -0.05) is 0 Å². The zero-order valence-electron chi connectivity index (χ0n) is 12.0. The van der Waals surface area contributed by atoms with Crippen LogP contribution in [0.3, 0.4) is 0 Å². The van der Waals surface area contributed by atoms with Crippen LogP contribution < -0.4 is 10.2 Å². The van der Waals surface area contributed by atoms with Crippen molar-refractivity contribution in [1.82, 2.24) is 4.98 Å². The number of hydrogen-bond donors (Lipinski definition) is 2. The van der Waals surface area contributed by atoms with Gasteiger partial charge in [-0.25, -0.2) is 4.98 Å². The van der Waals surface area contributed by atoms with Crippen molar-refractivity contribution < 1.29 is 14.6 Å². The molecule has 0 unspecified atom stereocenters. The molecule has 3 rings (SSSR count). The number of hydrogen-bond acceptors (Lipinski definition) is 6. The van der Waals surface area contributed by atoms with Gasteiger partial charge in [0.1, 0.15) is 0 Å². The molecule has 0 spiro atoms. The van der Waals surface area contributed by atoms with E-state index in [9.17, 15) is 4.79 Å². The molecule has 1 aliphatic rings. The van der Waals surface area contributed by atoms with Crippen LogP contribution in [0.1, 0.15) is 5.69 Å². The van der Waals surface area contributed by atoms with Gasteiger partial charge in [0.15, 0.2) is 5.13 Å². The van der Waals surface area contributed by atoms with Gasteiger partial charge in [-0.3, -0.25) is 4.79 Å². The highest BCUT2D eigenvalue weighted by Gasteiger charge is 2.11. The van der Waals surface area contributed by atoms with E-state index in [1.54, 1.807) is 5.38 Å². The van der Waals surface area contributed by atoms with Gasteiger partial charge in [0.2, 0.25) is 0 Å². The second-order valence-corrected chi connectivity index (χ2v) is 5.84. The number of benzene rings is 1. The lowest BCUT2D eigenvalue weighted by Gasteiger charge is -2.28. The number of rotatable bonds is 5. The lowest BCUT2D eigenvalue weighted by atomic mass is 10.2. The maximum atomic E-state index is 10.7. The predicted octanol–water partition coefficient (Wildman–Crippen LogP) is 2.35. The predicted molar refractivity (Wildman–Crippen MR) is 86.2 cm³/mol. The number of nitrogens with one attached hydrogen (secondary N) is 1. The number of morpholine rings is 1. The highest BCUT2D eigenvalue weighted by Crippen LogP contribution is 2.24. The molecule has 2 N–H and O–H groups in total. The van der Waals surface area contributed by atoms with Crippen LogP contribution in [-0.4, -0.2) is 42.4 Å². The highest BCUT2D eigenvalue weighted by molar-refractivity contribution is 7.13. The third-order valence-electron chi connectivity index (χ3n) is 3.38. The minimum Gasteiger partial charge on any atom is -0.481 e. The largest absolute Gasteiger partial charge is 0.481 e. The first-order valence-electron chi connectivity index (χ1n) is 7.07. The van der Waals surface area contributed by atoms with Crippen molar-refractivity contribution in [3.8, 4) is 0 Å². The topological polar surface area (TPSA) is 74.7 Å². The zero-order valence-corrected chi connectivity index (χ0v) is 12.8. The fraction of sp³-hybridized carbons (Fsp3) is 0.333. The molecule has 22 heavy (non-hydrogen) atoms. The van der Waals surface area contributed by atoms with E-state index in [1.807, 2.05) is 12.1 Å². The molecule has 1 saturated heterocycles. The summed E-state index contributed by atoms with van der Waals surface area (Å²) in [5.74, 6) is -0.869. The van der Waals surface area contributed by atoms with Crippen molar-refractivity contribution in [3.63, 3.8) is 0 Å². The molecule has 0 saturated carbocycles. The van der Waals surface area contributed by atoms with E-state index in [2.05, 4.69) is 27.3 Å². The average molecular weight is 319 g/mol. The number of ether oxygens (including phenoxy) is 1. The quantitative estimate of drug-likeness (QED) is 0.881. The van der Waals surface area contributed by atoms with E-state index in [1.165, 1.54) is 17.0 Å². The monoisotopic (exact) mass is 319 g/mol. The van der Waals surface area contributed by atoms with Gasteiger partial charge in [-0.2, -0.15) is 0 Å². The number of thiazole rings is 1. The van der Waals surface area contributed by atoms with E-state index in [4.69, 9.17) is 9.84 Å². The van der Waals surface area contributed by atoms with Crippen molar-refractivity contribution in [2.75, 3.05) is 36.5 Å². The van der Waals surface area contributed by atoms with Gasteiger partial charge in [0.05, 0.1) is 25.3 Å². The Morgan fingerprint density at radius 3 is 2.73 bits per heavy atom. The summed E-state index contributed by atoms with van der Waals surface area (Å²) in [5.41, 5.74) is 2.69. The number of carboxylic acids is 1. The summed E-state index contributed by atoms with van der Waals surface area (Å²) in [6.45, 7) is 3.37. The number of nitrogens with zero attached hydrogens (tertiary/aromatic N) is 2. The Morgan fingerprint density at radius 2 is 2.05 bits per heavy atom. The van der Waals surface area contributed by atoms with Crippen LogP contribution in [0.25, 0.3) is 0 Å². The van der Waals surface area contributed by atoms with E-state index in [0.717, 1.165) is 32.0 Å². The van der Waals surface area contributed by atoms with Gasteiger partial charge < -0.3 is 20.1 Å². The number of anilines is 3. The van der Waals surface area contributed by atoms with Gasteiger partial charge >= 0.3 is 5.97 Å². The van der Waals surface area contributed by atoms with Crippen molar-refractivity contribution >= 4 is 33.8 Å². The molecular weight excluding hydrogens is 302 g/mol. The Bertz CT molecular complexity index is 636. The van der Waals surface area contributed by atoms with Crippen LogP contribution in [0.2, 0.25) is 0 Å². The summed E-state index contributed by atoms with van der Waals surface area (Å²) < 4.78 is 5.35. The summed E-state index contributed by atoms with van der Waals surface area (Å²) >= 11 is 1.41. The van der Waals surface area contributed by atoms with E-state index >= 15 is 0 Å². The van der Waals surface area contributed by atoms with Crippen LogP contribution in [0.4, 0.5) is 16.5 Å². The summed E-state index contributed by atoms with van der Waals surface area (Å²) in [7, 11) is 0. The molecule has 2 heterocycles. The van der Waals surface area contributed by atoms with Crippen molar-refractivity contribution in [2.24, 2.45) is 0 Å². The second kappa shape index (κ2) is 6.76. The molecule has 0 bridgehead atoms. The van der Waals surface area contributed by atoms with Crippen LogP contribution in [0.5, 0.6) is 0 Å². The van der Waals surface area contributed by atoms with Crippen molar-refractivity contribution in [1.29, 1.82) is 0 Å². The lowest BCUT2D eigenvalue weighted by molar-refractivity contribution is -0.136. The molecule has 7 heteroatoms. The Kier molecular flexibility index (Phi) is 4.55. The lowest BCUT2D eigenvalue weighted by Crippen LogP contribution is -2.36. The SMILES string of the molecule is O=C(O)Cc1csc(Nc2ccc(N3CCOCC3)cc2)n1. The first-order chi connectivity index (χ1) is 10.7. The summed E-state index contributed by atoms with van der Waals surface area (Å²) in [5, 5.41) is 14.4. The number of aliphatic carboxylic acids is 1. The fourth-order valence-electron chi connectivity index (χ4n) is 2.30. The van der Waals surface area contributed by atoms with Crippen LogP contribution in [-0.2, 0) is 16.0 Å². The third-order valence-corrected chi connectivity index (χ3v) is 4.19. The third kappa shape index (κ3) is 3.75. The maximum Gasteiger partial charge on any atom is 0.309 e. The van der Waals surface area contributed by atoms with Gasteiger partial charge in [0, 0.05) is 29.8 Å². The molecule has 1 aromatic carbocycles. The van der Waals surface area contributed by atoms with E-state index in [0.29, 0.717) is 10.8 Å². The molecule has 1 aromatic heterocycles. The first-order valence-corrected chi connectivity index (χ1v) is 7.94. The minimum atomic E-state index is -0.869. The molecule has 0 atom stereocenters. The molecule has 6 nitrogen and oxygen atoms in total. The minimum absolute atomic E-state index is 0.0475. The normalized spacial score (nSPS) is 14.8. The van der Waals surface area contributed by atoms with Crippen molar-refractivity contribution in [2.45, 2.75) is 6.42 Å². The smallest absolute Gasteiger partial charge is 0.309 e. The highest BCUT2D eigenvalue weighted by atomic mass is 32.1. The number of carboxylic acid groups (broad SMARTS) is 1. The molecular formula is C15H17N3O3S. The molecule has 1 aliphatic heterocycles. The number of aromatic nitrogens is 1. The van der Waals surface area contributed by atoms with Crippen LogP contribution in [0.15, 0.2) is 29.6 Å². The first kappa shape index (κ1) is 14.8. The van der Waals surface area contributed by atoms with Crippen LogP contribution >= 0.6 is 11.3 Å². The Balaban J connectivity index is 1.63. The fourth-order valence-corrected chi connectivity index (χ4v) is 3.03. The maximum absolute atomic E-state index is 10.7. The van der Waals surface area contributed by atoms with Gasteiger partial charge in [0.25, 0.3) is 0 Å². The number of carbonyl (C=O) groups is 1. The molecule has 0 radical (unpaired) electrons. The van der Waals surface area contributed by atoms with Gasteiger partial charge in [-0.05, 0) is 24.3 Å². The molecule has 2 aromatic rings. The summed E-state index contributed by atoms with van der Waals surface area (Å²) in [6.07, 6.45) is -0.0475. The molecule has 0 amide bonds. The Morgan fingerprint density at radius 1 is 1.32 bits per heavy atom. The van der Waals surface area contributed by atoms with Gasteiger partial charge in [-0.15, -0.1) is 11.3 Å². The standard InChI is InChI=1S/C15H17N3O3S/c19-14(20)9-12-10-22-15(17-12)16-11-1-3-13(4-2-11)18-5-7-21-8-6-18/h1-4,10H,5-9H2,(H,16,17)(H,19,20). The Hall–Kier alpha value is -2.12. The van der Waals surface area contributed by atoms with Crippen molar-refractivity contribution in [3.05, 3.63) is 35.3 Å². The van der Waals surface area contributed by atoms with Crippen LogP contribution in [0, 0.1) is 0 Å². The summed E-state index contributed by atoms with van der Waals surface area (Å²) in [6, 6.07) is 8.14. The summed E-state index contributed by atoms with van der Waals surface area (Å²) in [4.78, 5) is 17.2. The van der Waals surface area contributed by atoms with E-state index < -0.39 is 5.97 Å². The molecule has 0 aliphatic carbocycles. The molecule has 116 valence electrons. The molecule has 1 fully saturated rings. The zero-order chi connectivity index (χ0) is 15.4. The Labute approximate surface area is 132 Å². The average Bonchev–Trinajstić information content (AvgIpc) is 2.95. The second-order valence-electron chi connectivity index (χ2n) is 4.99.